The highest BCUT2D eigenvalue weighted by atomic mass is 32.2. The highest BCUT2D eigenvalue weighted by molar-refractivity contribution is 7.91. The molecule has 1 rings (SSSR count). The average Bonchev–Trinajstić information content (AvgIpc) is 2.46. The first kappa shape index (κ1) is 21.6. The van der Waals surface area contributed by atoms with Crippen molar-refractivity contribution < 1.29 is 18.3 Å². The predicted molar refractivity (Wildman–Crippen MR) is 98.8 cm³/mol. The second-order valence-electron chi connectivity index (χ2n) is 8.69. The van der Waals surface area contributed by atoms with Gasteiger partial charge in [0.25, 0.3) is 0 Å². The van der Waals surface area contributed by atoms with Gasteiger partial charge in [-0.25, -0.2) is 8.42 Å². The quantitative estimate of drug-likeness (QED) is 0.600. The lowest BCUT2D eigenvalue weighted by molar-refractivity contribution is -0.131. The van der Waals surface area contributed by atoms with Gasteiger partial charge >= 0.3 is 0 Å². The van der Waals surface area contributed by atoms with Gasteiger partial charge in [0.1, 0.15) is 15.6 Å². The van der Waals surface area contributed by atoms with E-state index in [1.54, 1.807) is 0 Å². The summed E-state index contributed by atoms with van der Waals surface area (Å²) in [5.41, 5.74) is -0.464. The van der Waals surface area contributed by atoms with Gasteiger partial charge in [-0.1, -0.05) is 52.9 Å². The number of aliphatic hydroxyl groups excluding tert-OH is 1. The molecule has 0 radical (unpaired) electrons. The lowest BCUT2D eigenvalue weighted by Crippen LogP contribution is -2.41. The standard InChI is InChI=1S/C19H36O4S/c1-18(2,3)16-17(21)19(11-14-24(22,23)15-12-19)10-8-6-4-5-7-9-13-20/h20H,4-16H2,1-3H3. The number of carbonyl (C=O) groups is 1. The van der Waals surface area contributed by atoms with Crippen LogP contribution in [-0.2, 0) is 14.6 Å². The number of rotatable bonds is 10. The summed E-state index contributed by atoms with van der Waals surface area (Å²) in [6, 6.07) is 0. The maximum atomic E-state index is 12.9. The number of aliphatic hydroxyl groups is 1. The molecule has 4 nitrogen and oxygen atoms in total. The third-order valence-corrected chi connectivity index (χ3v) is 6.78. The summed E-state index contributed by atoms with van der Waals surface area (Å²) in [7, 11) is -2.95. The molecule has 0 aromatic carbocycles. The van der Waals surface area contributed by atoms with E-state index in [0.29, 0.717) is 19.3 Å². The van der Waals surface area contributed by atoms with Crippen molar-refractivity contribution in [3.63, 3.8) is 0 Å². The van der Waals surface area contributed by atoms with E-state index in [9.17, 15) is 13.2 Å². The van der Waals surface area contributed by atoms with E-state index in [1.165, 1.54) is 0 Å². The molecule has 1 aliphatic rings. The van der Waals surface area contributed by atoms with Crippen molar-refractivity contribution in [3.05, 3.63) is 0 Å². The Kier molecular flexibility index (Phi) is 8.40. The van der Waals surface area contributed by atoms with E-state index in [2.05, 4.69) is 20.8 Å². The molecule has 0 aliphatic carbocycles. The van der Waals surface area contributed by atoms with Crippen molar-refractivity contribution >= 4 is 15.6 Å². The third-order valence-electron chi connectivity index (χ3n) is 5.13. The van der Waals surface area contributed by atoms with Crippen LogP contribution in [-0.4, -0.2) is 37.4 Å². The van der Waals surface area contributed by atoms with Crippen molar-refractivity contribution in [1.82, 2.24) is 0 Å². The normalized spacial score (nSPS) is 20.0. The molecule has 1 aliphatic heterocycles. The van der Waals surface area contributed by atoms with Gasteiger partial charge in [-0.05, 0) is 31.1 Å². The van der Waals surface area contributed by atoms with Crippen molar-refractivity contribution in [2.75, 3.05) is 18.1 Å². The summed E-state index contributed by atoms with van der Waals surface area (Å²) in [5.74, 6) is 0.601. The van der Waals surface area contributed by atoms with Gasteiger partial charge < -0.3 is 5.11 Å². The zero-order valence-electron chi connectivity index (χ0n) is 15.8. The monoisotopic (exact) mass is 360 g/mol. The number of ketones is 1. The highest BCUT2D eigenvalue weighted by Crippen LogP contribution is 2.41. The summed E-state index contributed by atoms with van der Waals surface area (Å²) in [6.07, 6.45) is 8.64. The maximum Gasteiger partial charge on any atom is 0.150 e. The minimum absolute atomic E-state index is 0.0509. The number of Topliss-reactive ketones (excluding diaryl/α,β-unsaturated/α-hetero) is 1. The number of carbonyl (C=O) groups excluding carboxylic acids is 1. The SMILES string of the molecule is CC(C)(C)CC(=O)C1(CCCCCCCCO)CCS(=O)(=O)CC1. The van der Waals surface area contributed by atoms with Crippen molar-refractivity contribution in [3.8, 4) is 0 Å². The van der Waals surface area contributed by atoms with Crippen molar-refractivity contribution in [1.29, 1.82) is 0 Å². The Balaban J connectivity index is 2.58. The molecule has 1 saturated heterocycles. The van der Waals surface area contributed by atoms with E-state index < -0.39 is 15.3 Å². The number of unbranched alkanes of at least 4 members (excludes halogenated alkanes) is 5. The van der Waals surface area contributed by atoms with Gasteiger partial charge in [-0.3, -0.25) is 4.79 Å². The Labute approximate surface area is 148 Å². The number of hydrogen-bond donors (Lipinski definition) is 1. The Morgan fingerprint density at radius 3 is 1.96 bits per heavy atom. The van der Waals surface area contributed by atoms with Crippen LogP contribution in [0.5, 0.6) is 0 Å². The van der Waals surface area contributed by atoms with E-state index in [1.807, 2.05) is 0 Å². The molecule has 1 fully saturated rings. The molecule has 24 heavy (non-hydrogen) atoms. The Morgan fingerprint density at radius 1 is 0.958 bits per heavy atom. The molecule has 5 heteroatoms. The zero-order chi connectivity index (χ0) is 18.3. The lowest BCUT2D eigenvalue weighted by Gasteiger charge is -2.37. The molecule has 1 heterocycles. The maximum absolute atomic E-state index is 12.9. The minimum Gasteiger partial charge on any atom is -0.396 e. The average molecular weight is 361 g/mol. The van der Waals surface area contributed by atoms with Crippen LogP contribution >= 0.6 is 0 Å². The summed E-state index contributed by atoms with van der Waals surface area (Å²) in [4.78, 5) is 12.9. The second-order valence-corrected chi connectivity index (χ2v) is 11.0. The molecular formula is C19H36O4S. The van der Waals surface area contributed by atoms with E-state index in [0.717, 1.165) is 44.9 Å². The third kappa shape index (κ3) is 7.64. The van der Waals surface area contributed by atoms with E-state index >= 15 is 0 Å². The van der Waals surface area contributed by atoms with Crippen LogP contribution in [0.25, 0.3) is 0 Å². The van der Waals surface area contributed by atoms with Crippen LogP contribution in [0.3, 0.4) is 0 Å². The number of sulfone groups is 1. The summed E-state index contributed by atoms with van der Waals surface area (Å²) in [5, 5.41) is 8.78. The van der Waals surface area contributed by atoms with E-state index in [-0.39, 0.29) is 29.3 Å². The smallest absolute Gasteiger partial charge is 0.150 e. The van der Waals surface area contributed by atoms with Crippen LogP contribution in [0.1, 0.15) is 85.0 Å². The zero-order valence-corrected chi connectivity index (χ0v) is 16.6. The van der Waals surface area contributed by atoms with Crippen molar-refractivity contribution in [2.24, 2.45) is 10.8 Å². The molecule has 0 atom stereocenters. The largest absolute Gasteiger partial charge is 0.396 e. The van der Waals surface area contributed by atoms with Gasteiger partial charge in [0.05, 0.1) is 11.5 Å². The molecule has 0 bridgehead atoms. The van der Waals surface area contributed by atoms with Gasteiger partial charge in [-0.2, -0.15) is 0 Å². The van der Waals surface area contributed by atoms with Crippen LogP contribution in [0.4, 0.5) is 0 Å². The molecule has 0 amide bonds. The summed E-state index contributed by atoms with van der Waals surface area (Å²) in [6.45, 7) is 6.47. The Bertz CT molecular complexity index is 474. The molecule has 0 aromatic heterocycles. The van der Waals surface area contributed by atoms with Crippen LogP contribution in [0.2, 0.25) is 0 Å². The molecule has 0 unspecified atom stereocenters. The minimum atomic E-state index is -2.95. The Hall–Kier alpha value is -0.420. The molecular weight excluding hydrogens is 324 g/mol. The van der Waals surface area contributed by atoms with Gasteiger partial charge in [-0.15, -0.1) is 0 Å². The molecule has 0 aromatic rings. The predicted octanol–water partition coefficient (Wildman–Crippen LogP) is 3.91. The first-order valence-electron chi connectivity index (χ1n) is 9.45. The van der Waals surface area contributed by atoms with E-state index in [4.69, 9.17) is 5.11 Å². The molecule has 0 saturated carbocycles. The van der Waals surface area contributed by atoms with Crippen LogP contribution in [0.15, 0.2) is 0 Å². The second kappa shape index (κ2) is 9.33. The van der Waals surface area contributed by atoms with Crippen LogP contribution < -0.4 is 0 Å². The molecule has 0 spiro atoms. The number of hydrogen-bond acceptors (Lipinski definition) is 4. The topological polar surface area (TPSA) is 71.4 Å². The molecule has 142 valence electrons. The summed E-state index contributed by atoms with van der Waals surface area (Å²) >= 11 is 0. The fourth-order valence-electron chi connectivity index (χ4n) is 3.55. The fourth-order valence-corrected chi connectivity index (χ4v) is 5.16. The lowest BCUT2D eigenvalue weighted by atomic mass is 9.70. The van der Waals surface area contributed by atoms with Crippen LogP contribution in [0, 0.1) is 10.8 Å². The Morgan fingerprint density at radius 2 is 1.46 bits per heavy atom. The molecule has 1 N–H and O–H groups in total. The van der Waals surface area contributed by atoms with Gasteiger partial charge in [0.2, 0.25) is 0 Å². The highest BCUT2D eigenvalue weighted by Gasteiger charge is 2.43. The van der Waals surface area contributed by atoms with Gasteiger partial charge in [0.15, 0.2) is 0 Å². The fraction of sp³-hybridized carbons (Fsp3) is 0.947. The van der Waals surface area contributed by atoms with Crippen molar-refractivity contribution in [2.45, 2.75) is 85.0 Å². The van der Waals surface area contributed by atoms with Gasteiger partial charge in [0, 0.05) is 18.4 Å². The first-order chi connectivity index (χ1) is 11.1. The summed E-state index contributed by atoms with van der Waals surface area (Å²) < 4.78 is 23.6. The first-order valence-corrected chi connectivity index (χ1v) is 11.3.